The summed E-state index contributed by atoms with van der Waals surface area (Å²) in [4.78, 5) is 27.2. The molecule has 3 aliphatic rings. The van der Waals surface area contributed by atoms with E-state index >= 15 is 0 Å². The minimum atomic E-state index is -0.0891. The minimum absolute atomic E-state index is 0.0891. The average molecular weight is 439 g/mol. The smallest absolute Gasteiger partial charge is 0.292 e. The minimum Gasteiger partial charge on any atom is -0.373 e. The number of carbonyl (C=O) groups excluding carboxylic acids is 1. The zero-order chi connectivity index (χ0) is 22.1. The second kappa shape index (κ2) is 9.17. The molecule has 0 radical (unpaired) electrons. The first-order chi connectivity index (χ1) is 15.6. The second-order valence-corrected chi connectivity index (χ2v) is 9.63. The lowest BCUT2D eigenvalue weighted by Crippen LogP contribution is -2.37. The molecule has 32 heavy (non-hydrogen) atoms. The number of carbonyl (C=O) groups is 1. The normalized spacial score (nSPS) is 22.6. The highest BCUT2D eigenvalue weighted by Gasteiger charge is 2.30. The van der Waals surface area contributed by atoms with Gasteiger partial charge in [0.2, 0.25) is 5.76 Å². The number of amides is 1. The van der Waals surface area contributed by atoms with Gasteiger partial charge in [0.05, 0.1) is 17.9 Å². The van der Waals surface area contributed by atoms with Gasteiger partial charge in [0.1, 0.15) is 11.6 Å². The van der Waals surface area contributed by atoms with Crippen LogP contribution in [0.1, 0.15) is 90.1 Å². The van der Waals surface area contributed by atoms with Gasteiger partial charge < -0.3 is 19.6 Å². The van der Waals surface area contributed by atoms with Crippen LogP contribution in [0.15, 0.2) is 10.6 Å². The Balaban J connectivity index is 1.34. The van der Waals surface area contributed by atoms with E-state index in [2.05, 4.69) is 22.4 Å². The first kappa shape index (κ1) is 21.4. The van der Waals surface area contributed by atoms with Gasteiger partial charge in [0, 0.05) is 43.6 Å². The van der Waals surface area contributed by atoms with Crippen molar-refractivity contribution in [3.05, 3.63) is 34.6 Å². The predicted molar refractivity (Wildman–Crippen MR) is 122 cm³/mol. The molecule has 8 nitrogen and oxygen atoms in total. The van der Waals surface area contributed by atoms with Gasteiger partial charge in [0.25, 0.3) is 5.91 Å². The number of fused-ring (bicyclic) bond motifs is 1. The third-order valence-corrected chi connectivity index (χ3v) is 7.36. The lowest BCUT2D eigenvalue weighted by Gasteiger charge is -2.31. The van der Waals surface area contributed by atoms with Gasteiger partial charge in [-0.25, -0.2) is 9.97 Å². The van der Waals surface area contributed by atoms with Gasteiger partial charge >= 0.3 is 0 Å². The molecule has 5 rings (SSSR count). The van der Waals surface area contributed by atoms with Crippen LogP contribution in [-0.4, -0.2) is 64.6 Å². The average Bonchev–Trinajstić information content (AvgIpc) is 3.33. The number of nitrogens with zero attached hydrogens (tertiary/aromatic N) is 5. The van der Waals surface area contributed by atoms with Crippen LogP contribution in [0.25, 0.3) is 0 Å². The van der Waals surface area contributed by atoms with Crippen LogP contribution in [0.4, 0.5) is 5.82 Å². The number of hydrogen-bond donors (Lipinski definition) is 1. The first-order valence-corrected chi connectivity index (χ1v) is 12.1. The number of likely N-dealkylation sites (tertiary alicyclic amines) is 1. The number of likely N-dealkylation sites (N-methyl/N-ethyl adjacent to an activating group) is 1. The molecule has 1 saturated carbocycles. The van der Waals surface area contributed by atoms with E-state index < -0.39 is 0 Å². The summed E-state index contributed by atoms with van der Waals surface area (Å²) < 4.78 is 5.50. The van der Waals surface area contributed by atoms with E-state index in [1.165, 1.54) is 19.3 Å². The van der Waals surface area contributed by atoms with E-state index in [0.29, 0.717) is 30.7 Å². The highest BCUT2D eigenvalue weighted by Crippen LogP contribution is 2.33. The molecule has 172 valence electrons. The van der Waals surface area contributed by atoms with Crippen molar-refractivity contribution in [3.8, 4) is 0 Å². The van der Waals surface area contributed by atoms with Crippen LogP contribution in [0.2, 0.25) is 0 Å². The molecule has 1 aliphatic carbocycles. The standard InChI is InChI=1S/C24H34N6O2/c1-25-23-18-10-12-30(15-20(18)26-22(27-23)17-9-6-11-29(2)14-17)24(31)21-13-19(28-32-21)16-7-4-3-5-8-16/h13,16-17H,3-12,14-15H2,1-2H3,(H,25,26,27)/t17-/m0/s1. The Kier molecular flexibility index (Phi) is 6.13. The maximum Gasteiger partial charge on any atom is 0.292 e. The van der Waals surface area contributed by atoms with Gasteiger partial charge in [-0.15, -0.1) is 0 Å². The van der Waals surface area contributed by atoms with E-state index in [4.69, 9.17) is 14.5 Å². The Labute approximate surface area is 189 Å². The van der Waals surface area contributed by atoms with E-state index in [9.17, 15) is 4.79 Å². The summed E-state index contributed by atoms with van der Waals surface area (Å²) in [5.41, 5.74) is 3.03. The third-order valence-electron chi connectivity index (χ3n) is 7.36. The summed E-state index contributed by atoms with van der Waals surface area (Å²) in [5.74, 6) is 2.83. The Morgan fingerprint density at radius 3 is 2.69 bits per heavy atom. The number of anilines is 1. The van der Waals surface area contributed by atoms with Crippen LogP contribution >= 0.6 is 0 Å². The summed E-state index contributed by atoms with van der Waals surface area (Å²) in [5, 5.41) is 7.51. The molecule has 0 spiro atoms. The number of rotatable bonds is 4. The second-order valence-electron chi connectivity index (χ2n) is 9.63. The summed E-state index contributed by atoms with van der Waals surface area (Å²) in [7, 11) is 4.07. The van der Waals surface area contributed by atoms with Crippen LogP contribution in [-0.2, 0) is 13.0 Å². The number of piperidine rings is 1. The van der Waals surface area contributed by atoms with Gasteiger partial charge in [-0.05, 0) is 45.7 Å². The van der Waals surface area contributed by atoms with Crippen LogP contribution < -0.4 is 5.32 Å². The maximum atomic E-state index is 13.2. The number of nitrogens with one attached hydrogen (secondary N) is 1. The fraction of sp³-hybridized carbons (Fsp3) is 0.667. The molecule has 1 N–H and O–H groups in total. The molecule has 2 fully saturated rings. The van der Waals surface area contributed by atoms with Gasteiger partial charge in [0.15, 0.2) is 0 Å². The molecule has 2 aromatic heterocycles. The van der Waals surface area contributed by atoms with Crippen molar-refractivity contribution in [2.24, 2.45) is 0 Å². The summed E-state index contributed by atoms with van der Waals surface area (Å²) in [6, 6.07) is 1.87. The fourth-order valence-corrected chi connectivity index (χ4v) is 5.53. The zero-order valence-electron chi connectivity index (χ0n) is 19.3. The fourth-order valence-electron chi connectivity index (χ4n) is 5.53. The van der Waals surface area contributed by atoms with Crippen LogP contribution in [0, 0.1) is 0 Å². The van der Waals surface area contributed by atoms with E-state index in [-0.39, 0.29) is 5.91 Å². The van der Waals surface area contributed by atoms with Crippen LogP contribution in [0.5, 0.6) is 0 Å². The summed E-state index contributed by atoms with van der Waals surface area (Å²) >= 11 is 0. The number of aromatic nitrogens is 3. The van der Waals surface area contributed by atoms with Crippen molar-refractivity contribution < 1.29 is 9.32 Å². The first-order valence-electron chi connectivity index (χ1n) is 12.1. The molecule has 1 atom stereocenters. The molecular weight excluding hydrogens is 404 g/mol. The predicted octanol–water partition coefficient (Wildman–Crippen LogP) is 3.56. The molecule has 8 heteroatoms. The molecule has 1 saturated heterocycles. The Morgan fingerprint density at radius 2 is 1.91 bits per heavy atom. The molecule has 2 aromatic rings. The quantitative estimate of drug-likeness (QED) is 0.781. The molecule has 0 unspecified atom stereocenters. The SMILES string of the molecule is CNc1nc([C@H]2CCCN(C)C2)nc2c1CCN(C(=O)c1cc(C3CCCCC3)no1)C2. The molecular formula is C24H34N6O2. The molecule has 4 heterocycles. The number of hydrogen-bond acceptors (Lipinski definition) is 7. The van der Waals surface area contributed by atoms with E-state index in [0.717, 1.165) is 73.8 Å². The topological polar surface area (TPSA) is 87.4 Å². The van der Waals surface area contributed by atoms with Crippen molar-refractivity contribution >= 4 is 11.7 Å². The Bertz CT molecular complexity index is 967. The summed E-state index contributed by atoms with van der Waals surface area (Å²) in [6.45, 7) is 3.23. The summed E-state index contributed by atoms with van der Waals surface area (Å²) in [6.07, 6.45) is 9.05. The van der Waals surface area contributed by atoms with Crippen molar-refractivity contribution in [3.63, 3.8) is 0 Å². The lowest BCUT2D eigenvalue weighted by molar-refractivity contribution is 0.0689. The van der Waals surface area contributed by atoms with Crippen molar-refractivity contribution in [1.29, 1.82) is 0 Å². The van der Waals surface area contributed by atoms with Crippen molar-refractivity contribution in [1.82, 2.24) is 24.9 Å². The van der Waals surface area contributed by atoms with E-state index in [1.807, 2.05) is 18.0 Å². The third kappa shape index (κ3) is 4.25. The maximum absolute atomic E-state index is 13.2. The Hall–Kier alpha value is -2.48. The lowest BCUT2D eigenvalue weighted by atomic mass is 9.87. The highest BCUT2D eigenvalue weighted by atomic mass is 16.5. The molecule has 0 aromatic carbocycles. The molecule has 0 bridgehead atoms. The zero-order valence-corrected chi connectivity index (χ0v) is 19.3. The highest BCUT2D eigenvalue weighted by molar-refractivity contribution is 5.91. The van der Waals surface area contributed by atoms with Crippen molar-refractivity contribution in [2.75, 3.05) is 39.0 Å². The Morgan fingerprint density at radius 1 is 1.09 bits per heavy atom. The van der Waals surface area contributed by atoms with E-state index in [1.54, 1.807) is 0 Å². The largest absolute Gasteiger partial charge is 0.373 e. The van der Waals surface area contributed by atoms with Crippen LogP contribution in [0.3, 0.4) is 0 Å². The van der Waals surface area contributed by atoms with Crippen molar-refractivity contribution in [2.45, 2.75) is 69.7 Å². The monoisotopic (exact) mass is 438 g/mol. The van der Waals surface area contributed by atoms with Gasteiger partial charge in [-0.2, -0.15) is 0 Å². The van der Waals surface area contributed by atoms with Gasteiger partial charge in [-0.1, -0.05) is 24.4 Å². The van der Waals surface area contributed by atoms with Gasteiger partial charge in [-0.3, -0.25) is 4.79 Å². The molecule has 1 amide bonds. The molecule has 2 aliphatic heterocycles.